The van der Waals surface area contributed by atoms with Gasteiger partial charge in [0.15, 0.2) is 0 Å². The first-order valence-electron chi connectivity index (χ1n) is 4.22. The van der Waals surface area contributed by atoms with Crippen molar-refractivity contribution in [1.82, 2.24) is 3.11 Å². The lowest BCUT2D eigenvalue weighted by Gasteiger charge is -2.24. The van der Waals surface area contributed by atoms with Crippen molar-refractivity contribution in [3.05, 3.63) is 60.3 Å². The first kappa shape index (κ1) is 8.81. The first-order chi connectivity index (χ1) is 6.38. The second kappa shape index (κ2) is 3.96. The molecule has 1 aromatic carbocycles. The second-order valence-corrected chi connectivity index (χ2v) is 4.04. The second-order valence-electron chi connectivity index (χ2n) is 2.93. The number of hydrogen-bond acceptors (Lipinski definition) is 1. The Labute approximate surface area is 92.2 Å². The van der Waals surface area contributed by atoms with Crippen molar-refractivity contribution < 1.29 is 0 Å². The minimum absolute atomic E-state index is 0.381. The van der Waals surface area contributed by atoms with Gasteiger partial charge in [-0.25, -0.2) is 0 Å². The SMILES string of the molecule is IN1C=CC=CC1c1ccccc1. The number of allylic oxidation sites excluding steroid dienone is 2. The summed E-state index contributed by atoms with van der Waals surface area (Å²) in [5.74, 6) is 0. The number of benzene rings is 1. The predicted molar refractivity (Wildman–Crippen MR) is 63.3 cm³/mol. The summed E-state index contributed by atoms with van der Waals surface area (Å²) in [7, 11) is 0. The van der Waals surface area contributed by atoms with Gasteiger partial charge in [0, 0.05) is 6.20 Å². The summed E-state index contributed by atoms with van der Waals surface area (Å²) in [6.45, 7) is 0. The highest BCUT2D eigenvalue weighted by Gasteiger charge is 2.13. The van der Waals surface area contributed by atoms with E-state index in [-0.39, 0.29) is 0 Å². The van der Waals surface area contributed by atoms with Crippen LogP contribution >= 0.6 is 22.9 Å². The van der Waals surface area contributed by atoms with Crippen LogP contribution in [0.3, 0.4) is 0 Å². The van der Waals surface area contributed by atoms with Crippen molar-refractivity contribution in [2.24, 2.45) is 0 Å². The maximum atomic E-state index is 2.32. The first-order valence-corrected chi connectivity index (χ1v) is 5.18. The quantitative estimate of drug-likeness (QED) is 0.563. The fourth-order valence-corrected chi connectivity index (χ4v) is 2.07. The van der Waals surface area contributed by atoms with Crippen molar-refractivity contribution in [1.29, 1.82) is 0 Å². The lowest BCUT2D eigenvalue weighted by molar-refractivity contribution is 0.573. The predicted octanol–water partition coefficient (Wildman–Crippen LogP) is 3.46. The normalized spacial score (nSPS) is 20.7. The van der Waals surface area contributed by atoms with Crippen LogP contribution < -0.4 is 0 Å². The number of hydrogen-bond donors (Lipinski definition) is 0. The molecule has 0 bridgehead atoms. The van der Waals surface area contributed by atoms with Crippen LogP contribution in [-0.4, -0.2) is 3.11 Å². The molecule has 66 valence electrons. The Morgan fingerprint density at radius 2 is 1.85 bits per heavy atom. The lowest BCUT2D eigenvalue weighted by atomic mass is 10.1. The van der Waals surface area contributed by atoms with Crippen molar-refractivity contribution in [3.63, 3.8) is 0 Å². The van der Waals surface area contributed by atoms with E-state index in [1.807, 2.05) is 12.1 Å². The van der Waals surface area contributed by atoms with Gasteiger partial charge in [-0.3, -0.25) is 0 Å². The Bertz CT molecular complexity index is 329. The van der Waals surface area contributed by atoms with E-state index < -0.39 is 0 Å². The van der Waals surface area contributed by atoms with Crippen molar-refractivity contribution in [3.8, 4) is 0 Å². The van der Waals surface area contributed by atoms with Gasteiger partial charge in [-0.15, -0.1) is 0 Å². The van der Waals surface area contributed by atoms with E-state index in [1.54, 1.807) is 0 Å². The molecule has 0 saturated heterocycles. The van der Waals surface area contributed by atoms with Crippen LogP contribution in [0.15, 0.2) is 54.8 Å². The summed E-state index contributed by atoms with van der Waals surface area (Å²) >= 11 is 2.32. The Kier molecular flexibility index (Phi) is 2.68. The largest absolute Gasteiger partial charge is 0.310 e. The fourth-order valence-electron chi connectivity index (χ4n) is 1.38. The van der Waals surface area contributed by atoms with Gasteiger partial charge in [0.25, 0.3) is 0 Å². The Morgan fingerprint density at radius 1 is 1.08 bits per heavy atom. The van der Waals surface area contributed by atoms with Gasteiger partial charge in [0.1, 0.15) is 0 Å². The number of halogens is 1. The van der Waals surface area contributed by atoms with Crippen LogP contribution in [0.1, 0.15) is 11.6 Å². The molecule has 1 nitrogen and oxygen atoms in total. The topological polar surface area (TPSA) is 3.24 Å². The average Bonchev–Trinajstić information content (AvgIpc) is 2.20. The van der Waals surface area contributed by atoms with E-state index in [0.29, 0.717) is 6.04 Å². The molecule has 0 radical (unpaired) electrons. The third-order valence-corrected chi connectivity index (χ3v) is 2.96. The molecule has 1 aromatic rings. The zero-order valence-corrected chi connectivity index (χ0v) is 9.26. The molecule has 0 fully saturated rings. The highest BCUT2D eigenvalue weighted by atomic mass is 127. The monoisotopic (exact) mass is 283 g/mol. The summed E-state index contributed by atoms with van der Waals surface area (Å²) in [5.41, 5.74) is 1.33. The fraction of sp³-hybridized carbons (Fsp3) is 0.0909. The summed E-state index contributed by atoms with van der Waals surface area (Å²) < 4.78 is 2.17. The average molecular weight is 283 g/mol. The van der Waals surface area contributed by atoms with Gasteiger partial charge in [-0.1, -0.05) is 42.5 Å². The van der Waals surface area contributed by atoms with Crippen molar-refractivity contribution >= 4 is 22.9 Å². The summed E-state index contributed by atoms with van der Waals surface area (Å²) in [6, 6.07) is 10.9. The molecule has 2 heteroatoms. The molecule has 1 aliphatic heterocycles. The summed E-state index contributed by atoms with van der Waals surface area (Å²) in [5, 5.41) is 0. The summed E-state index contributed by atoms with van der Waals surface area (Å²) in [6.07, 6.45) is 8.42. The van der Waals surface area contributed by atoms with Crippen molar-refractivity contribution in [2.45, 2.75) is 6.04 Å². The van der Waals surface area contributed by atoms with Crippen LogP contribution in [0.25, 0.3) is 0 Å². The molecule has 0 aromatic heterocycles. The molecule has 0 saturated carbocycles. The zero-order chi connectivity index (χ0) is 9.10. The van der Waals surface area contributed by atoms with Crippen LogP contribution in [0.2, 0.25) is 0 Å². The molecule has 0 aliphatic carbocycles. The Morgan fingerprint density at radius 3 is 2.54 bits per heavy atom. The maximum Gasteiger partial charge on any atom is 0.0819 e. The molecule has 13 heavy (non-hydrogen) atoms. The molecular weight excluding hydrogens is 273 g/mol. The molecule has 1 atom stereocenters. The number of rotatable bonds is 1. The van der Waals surface area contributed by atoms with Gasteiger partial charge < -0.3 is 3.11 Å². The van der Waals surface area contributed by atoms with Gasteiger partial charge in [0.2, 0.25) is 0 Å². The molecule has 2 rings (SSSR count). The smallest absolute Gasteiger partial charge is 0.0819 e. The summed E-state index contributed by atoms with van der Waals surface area (Å²) in [4.78, 5) is 0. The third-order valence-electron chi connectivity index (χ3n) is 2.04. The third kappa shape index (κ3) is 1.94. The van der Waals surface area contributed by atoms with E-state index >= 15 is 0 Å². The van der Waals surface area contributed by atoms with E-state index in [2.05, 4.69) is 68.6 Å². The van der Waals surface area contributed by atoms with Gasteiger partial charge >= 0.3 is 0 Å². The van der Waals surface area contributed by atoms with Crippen molar-refractivity contribution in [2.75, 3.05) is 0 Å². The van der Waals surface area contributed by atoms with E-state index in [4.69, 9.17) is 0 Å². The van der Waals surface area contributed by atoms with E-state index in [9.17, 15) is 0 Å². The van der Waals surface area contributed by atoms with Gasteiger partial charge in [-0.05, 0) is 11.6 Å². The van der Waals surface area contributed by atoms with Crippen LogP contribution in [0.5, 0.6) is 0 Å². The molecule has 1 aliphatic rings. The Hall–Kier alpha value is -0.770. The highest BCUT2D eigenvalue weighted by molar-refractivity contribution is 14.1. The Balaban J connectivity index is 2.27. The number of nitrogens with zero attached hydrogens (tertiary/aromatic N) is 1. The molecule has 0 amide bonds. The standard InChI is InChI=1S/C11H10IN/c12-13-9-5-4-8-11(13)10-6-2-1-3-7-10/h1-9,11H. The molecule has 1 unspecified atom stereocenters. The molecule has 0 N–H and O–H groups in total. The molecular formula is C11H10IN. The van der Waals surface area contributed by atoms with Crippen LogP contribution in [0, 0.1) is 0 Å². The molecule has 1 heterocycles. The van der Waals surface area contributed by atoms with Gasteiger partial charge in [0.05, 0.1) is 28.9 Å². The van der Waals surface area contributed by atoms with Crippen LogP contribution in [-0.2, 0) is 0 Å². The van der Waals surface area contributed by atoms with E-state index in [1.165, 1.54) is 5.56 Å². The van der Waals surface area contributed by atoms with Gasteiger partial charge in [-0.2, -0.15) is 0 Å². The highest BCUT2D eigenvalue weighted by Crippen LogP contribution is 2.27. The zero-order valence-electron chi connectivity index (χ0n) is 7.10. The van der Waals surface area contributed by atoms with E-state index in [0.717, 1.165) is 0 Å². The lowest BCUT2D eigenvalue weighted by Crippen LogP contribution is -2.12. The molecule has 0 spiro atoms. The maximum absolute atomic E-state index is 2.32. The minimum atomic E-state index is 0.381. The minimum Gasteiger partial charge on any atom is -0.310 e. The van der Waals surface area contributed by atoms with Crippen LogP contribution in [0.4, 0.5) is 0 Å².